The smallest absolute Gasteiger partial charge is 0.303 e. The maximum atomic E-state index is 15.0. The molecule has 7 aliphatic rings. The Bertz CT molecular complexity index is 1290. The summed E-state index contributed by atoms with van der Waals surface area (Å²) in [6.07, 6.45) is 0.691. The van der Waals surface area contributed by atoms with E-state index >= 15 is 0 Å². The third-order valence-corrected chi connectivity index (χ3v) is 15.6. The maximum Gasteiger partial charge on any atom is 0.303 e. The fourth-order valence-electron chi connectivity index (χ4n) is 13.4. The van der Waals surface area contributed by atoms with Crippen LogP contribution in [0.2, 0.25) is 0 Å². The molecule has 16 atom stereocenters. The number of ether oxygens (including phenoxy) is 4. The van der Waals surface area contributed by atoms with E-state index in [-0.39, 0.29) is 57.9 Å². The number of Topliss-reactive ketones (excluding diaryl/α,β-unsaturated/α-hetero) is 1. The van der Waals surface area contributed by atoms with Gasteiger partial charge in [-0.15, -0.1) is 0 Å². The summed E-state index contributed by atoms with van der Waals surface area (Å²) in [6.45, 7) is 15.9. The van der Waals surface area contributed by atoms with Crippen LogP contribution in [0.1, 0.15) is 107 Å². The highest BCUT2D eigenvalue weighted by Gasteiger charge is 2.85. The van der Waals surface area contributed by atoms with Gasteiger partial charge in [-0.25, -0.2) is 0 Å². The first kappa shape index (κ1) is 34.3. The number of carbonyl (C=O) groups is 2. The number of hydrogen-bond acceptors (Lipinski definition) is 10. The second kappa shape index (κ2) is 10.7. The van der Waals surface area contributed by atoms with Crippen molar-refractivity contribution < 1.29 is 49.0 Å². The second-order valence-corrected chi connectivity index (χ2v) is 18.4. The fraction of sp³-hybridized carbons (Fsp3) is 0.946. The number of ketones is 1. The lowest BCUT2D eigenvalue weighted by molar-refractivity contribution is -0.302. The zero-order valence-electron chi connectivity index (χ0n) is 29.5. The summed E-state index contributed by atoms with van der Waals surface area (Å²) in [5.74, 6) is 0.603. The molecule has 4 N–H and O–H groups in total. The van der Waals surface area contributed by atoms with Crippen LogP contribution in [0.15, 0.2) is 0 Å². The van der Waals surface area contributed by atoms with E-state index in [0.29, 0.717) is 12.3 Å². The van der Waals surface area contributed by atoms with E-state index in [0.717, 1.165) is 44.9 Å². The number of aliphatic hydroxyl groups excluding tert-OH is 3. The maximum absolute atomic E-state index is 15.0. The van der Waals surface area contributed by atoms with Gasteiger partial charge >= 0.3 is 5.97 Å². The molecule has 0 aromatic rings. The minimum Gasteiger partial charge on any atom is -0.457 e. The van der Waals surface area contributed by atoms with Crippen LogP contribution in [0.25, 0.3) is 0 Å². The van der Waals surface area contributed by atoms with Crippen LogP contribution in [0.4, 0.5) is 0 Å². The topological polar surface area (TPSA) is 152 Å². The Balaban J connectivity index is 1.15. The Hall–Kier alpha value is -1.14. The highest BCUT2D eigenvalue weighted by molar-refractivity contribution is 5.93. The van der Waals surface area contributed by atoms with E-state index in [1.165, 1.54) is 6.92 Å². The van der Waals surface area contributed by atoms with Gasteiger partial charge in [0.15, 0.2) is 18.2 Å². The van der Waals surface area contributed by atoms with Gasteiger partial charge in [0.1, 0.15) is 24.4 Å². The first-order valence-electron chi connectivity index (χ1n) is 18.2. The monoisotopic (exact) mass is 662 g/mol. The van der Waals surface area contributed by atoms with Crippen LogP contribution in [0.5, 0.6) is 0 Å². The lowest BCUT2D eigenvalue weighted by atomic mass is 9.41. The van der Waals surface area contributed by atoms with E-state index in [4.69, 9.17) is 18.9 Å². The van der Waals surface area contributed by atoms with Crippen molar-refractivity contribution in [3.63, 3.8) is 0 Å². The average molecular weight is 663 g/mol. The fourth-order valence-corrected chi connectivity index (χ4v) is 13.4. The number of carbonyl (C=O) groups excluding carboxylic acids is 2. The molecule has 266 valence electrons. The van der Waals surface area contributed by atoms with E-state index < -0.39 is 59.9 Å². The quantitative estimate of drug-likeness (QED) is 0.254. The largest absolute Gasteiger partial charge is 0.457 e. The molecule has 5 aliphatic carbocycles. The van der Waals surface area contributed by atoms with Crippen molar-refractivity contribution in [1.29, 1.82) is 0 Å². The van der Waals surface area contributed by atoms with Gasteiger partial charge in [-0.05, 0) is 105 Å². The molecule has 3 unspecified atom stereocenters. The molecule has 10 heteroatoms. The Morgan fingerprint density at radius 3 is 2.30 bits per heavy atom. The summed E-state index contributed by atoms with van der Waals surface area (Å²) < 4.78 is 24.4. The molecular weight excluding hydrogens is 604 g/mol. The van der Waals surface area contributed by atoms with E-state index in [9.17, 15) is 30.0 Å². The molecule has 0 radical (unpaired) electrons. The predicted molar refractivity (Wildman–Crippen MR) is 170 cm³/mol. The highest BCUT2D eigenvalue weighted by atomic mass is 16.7. The average Bonchev–Trinajstić information content (AvgIpc) is 3.61. The van der Waals surface area contributed by atoms with Crippen molar-refractivity contribution >= 4 is 11.8 Å². The molecule has 7 rings (SSSR count). The Kier molecular flexibility index (Phi) is 7.80. The summed E-state index contributed by atoms with van der Waals surface area (Å²) in [6, 6.07) is 0. The molecule has 0 bridgehead atoms. The van der Waals surface area contributed by atoms with Gasteiger partial charge < -0.3 is 39.4 Å². The summed E-state index contributed by atoms with van der Waals surface area (Å²) in [4.78, 5) is 27.0. The number of rotatable bonds is 5. The zero-order chi connectivity index (χ0) is 34.3. The Morgan fingerprint density at radius 2 is 1.64 bits per heavy atom. The molecule has 10 nitrogen and oxygen atoms in total. The molecule has 2 spiro atoms. The first-order chi connectivity index (χ1) is 21.8. The number of esters is 1. The molecule has 2 saturated heterocycles. The number of hydrogen-bond donors (Lipinski definition) is 4. The predicted octanol–water partition coefficient (Wildman–Crippen LogP) is 3.53. The summed E-state index contributed by atoms with van der Waals surface area (Å²) in [5, 5.41) is 41.8. The van der Waals surface area contributed by atoms with Crippen molar-refractivity contribution in [1.82, 2.24) is 0 Å². The normalized spacial score (nSPS) is 53.9. The van der Waals surface area contributed by atoms with E-state index in [1.807, 2.05) is 0 Å². The minimum atomic E-state index is -1.31. The molecule has 0 aromatic carbocycles. The lowest BCUT2D eigenvalue weighted by Crippen LogP contribution is -2.60. The van der Waals surface area contributed by atoms with E-state index in [1.54, 1.807) is 13.8 Å². The number of aliphatic hydroxyl groups is 4. The van der Waals surface area contributed by atoms with Crippen molar-refractivity contribution in [2.24, 2.45) is 50.7 Å². The summed E-state index contributed by atoms with van der Waals surface area (Å²) in [7, 11) is 0. The molecule has 5 saturated carbocycles. The minimum absolute atomic E-state index is 0.0668. The Labute approximate surface area is 279 Å². The van der Waals surface area contributed by atoms with Gasteiger partial charge in [-0.1, -0.05) is 34.6 Å². The van der Waals surface area contributed by atoms with Crippen LogP contribution < -0.4 is 0 Å². The molecule has 0 aromatic heterocycles. The molecule has 7 fully saturated rings. The van der Waals surface area contributed by atoms with Crippen molar-refractivity contribution in [2.45, 2.75) is 161 Å². The van der Waals surface area contributed by atoms with Crippen LogP contribution >= 0.6 is 0 Å². The van der Waals surface area contributed by atoms with Crippen LogP contribution in [0.3, 0.4) is 0 Å². The third-order valence-electron chi connectivity index (χ3n) is 15.6. The summed E-state index contributed by atoms with van der Waals surface area (Å²) >= 11 is 0. The van der Waals surface area contributed by atoms with Crippen LogP contribution in [-0.2, 0) is 28.5 Å². The van der Waals surface area contributed by atoms with E-state index in [2.05, 4.69) is 34.6 Å². The second-order valence-electron chi connectivity index (χ2n) is 18.4. The van der Waals surface area contributed by atoms with Gasteiger partial charge in [0.25, 0.3) is 0 Å². The van der Waals surface area contributed by atoms with Gasteiger partial charge in [0.05, 0.1) is 24.4 Å². The molecular formula is C37H58O10. The SMILES string of the molecule is CC(=O)O[C@@H]([C@H]1CC(C)C2[C@@H](O1)C(=O)[C@@]1(C)[C@@H]3CCC4C(C)(C)[C@@H](O[C@@H]5OC[C@@H](O)[C@H](O)[C@H]5O)CC[C@@]45C[C@@]35CC[C@]21C)C(C)(C)O. The van der Waals surface area contributed by atoms with Crippen molar-refractivity contribution in [3.05, 3.63) is 0 Å². The van der Waals surface area contributed by atoms with Gasteiger partial charge in [0, 0.05) is 18.3 Å². The molecule has 2 aliphatic heterocycles. The van der Waals surface area contributed by atoms with Gasteiger partial charge in [0.2, 0.25) is 0 Å². The van der Waals surface area contributed by atoms with Crippen molar-refractivity contribution in [3.8, 4) is 0 Å². The molecule has 2 heterocycles. The summed E-state index contributed by atoms with van der Waals surface area (Å²) in [5.41, 5.74) is -2.06. The van der Waals surface area contributed by atoms with Crippen molar-refractivity contribution in [2.75, 3.05) is 6.61 Å². The van der Waals surface area contributed by atoms with Crippen LogP contribution in [-0.4, -0.2) is 93.4 Å². The number of fused-ring (bicyclic) bond motifs is 4. The third kappa shape index (κ3) is 4.46. The first-order valence-corrected chi connectivity index (χ1v) is 18.2. The van der Waals surface area contributed by atoms with Crippen LogP contribution in [0, 0.1) is 50.7 Å². The lowest BCUT2D eigenvalue weighted by Gasteiger charge is -2.62. The highest BCUT2D eigenvalue weighted by Crippen LogP contribution is 2.89. The molecule has 0 amide bonds. The standard InChI is InChI=1S/C37H58O10/c1-18-15-21(30(33(5,6)43)45-19(2)38)46-28-25(18)34(7)13-14-37-17-36(37)12-11-24(47-31-27(41)26(40)20(39)16-44-31)32(3,4)22(36)9-10-23(37)35(34,8)29(28)42/h18,20-28,30-31,39-41,43H,9-17H2,1-8H3/t18?,20-,21-,22?,23+,24+,25?,26+,27-,28-,30+,31+,34-,35-,36-,37+/m1/s1. The Morgan fingerprint density at radius 1 is 0.979 bits per heavy atom. The van der Waals surface area contributed by atoms with Gasteiger partial charge in [-0.2, -0.15) is 0 Å². The zero-order valence-corrected chi connectivity index (χ0v) is 29.5. The molecule has 47 heavy (non-hydrogen) atoms. The van der Waals surface area contributed by atoms with Gasteiger partial charge in [-0.3, -0.25) is 9.59 Å².